The standard InChI is InChI=1S/C12H18O3/c1-11(2)8-4-5-12(11,3)10(15)7(8)6-9(13)14/h7-8H,4-6H2,1-3H3,(H,13,14)/t7-,8-,12-/m1/s1. The molecule has 15 heavy (non-hydrogen) atoms. The molecule has 3 nitrogen and oxygen atoms in total. The molecular formula is C12H18O3. The molecule has 0 aromatic heterocycles. The smallest absolute Gasteiger partial charge is 0.304 e. The molecule has 0 heterocycles. The van der Waals surface area contributed by atoms with Crippen LogP contribution < -0.4 is 0 Å². The van der Waals surface area contributed by atoms with Crippen LogP contribution in [-0.2, 0) is 9.59 Å². The summed E-state index contributed by atoms with van der Waals surface area (Å²) in [6.07, 6.45) is 1.95. The first-order valence-corrected chi connectivity index (χ1v) is 5.57. The summed E-state index contributed by atoms with van der Waals surface area (Å²) in [6.45, 7) is 6.24. The van der Waals surface area contributed by atoms with Gasteiger partial charge in [0.1, 0.15) is 5.78 Å². The molecule has 3 heteroatoms. The van der Waals surface area contributed by atoms with Crippen LogP contribution in [0.4, 0.5) is 0 Å². The van der Waals surface area contributed by atoms with Gasteiger partial charge in [-0.2, -0.15) is 0 Å². The van der Waals surface area contributed by atoms with Gasteiger partial charge < -0.3 is 5.11 Å². The van der Waals surface area contributed by atoms with Crippen molar-refractivity contribution in [1.29, 1.82) is 0 Å². The number of aliphatic carboxylic acids is 1. The first-order valence-electron chi connectivity index (χ1n) is 5.57. The van der Waals surface area contributed by atoms with Crippen LogP contribution in [0.3, 0.4) is 0 Å². The number of ketones is 1. The molecule has 0 aromatic carbocycles. The molecule has 0 radical (unpaired) electrons. The van der Waals surface area contributed by atoms with Crippen LogP contribution in [0.25, 0.3) is 0 Å². The fourth-order valence-corrected chi connectivity index (χ4v) is 3.70. The van der Waals surface area contributed by atoms with E-state index in [0.29, 0.717) is 0 Å². The van der Waals surface area contributed by atoms with Crippen LogP contribution in [0.1, 0.15) is 40.0 Å². The molecule has 2 aliphatic carbocycles. The van der Waals surface area contributed by atoms with Crippen LogP contribution >= 0.6 is 0 Å². The molecule has 1 N–H and O–H groups in total. The lowest BCUT2D eigenvalue weighted by Gasteiger charge is -2.32. The molecule has 0 spiro atoms. The second kappa shape index (κ2) is 2.83. The van der Waals surface area contributed by atoms with Crippen molar-refractivity contribution in [1.82, 2.24) is 0 Å². The molecule has 2 saturated carbocycles. The predicted octanol–water partition coefficient (Wildman–Crippen LogP) is 2.10. The first-order chi connectivity index (χ1) is 6.80. The van der Waals surface area contributed by atoms with Gasteiger partial charge in [-0.1, -0.05) is 20.8 Å². The number of carbonyl (C=O) groups is 2. The van der Waals surface area contributed by atoms with Gasteiger partial charge in [0, 0.05) is 11.3 Å². The van der Waals surface area contributed by atoms with Gasteiger partial charge in [0.05, 0.1) is 6.42 Å². The minimum Gasteiger partial charge on any atom is -0.481 e. The molecule has 0 aromatic rings. The van der Waals surface area contributed by atoms with Gasteiger partial charge in [-0.05, 0) is 24.2 Å². The molecule has 0 amide bonds. The number of carboxylic acid groups (broad SMARTS) is 1. The van der Waals surface area contributed by atoms with Crippen LogP contribution in [0.2, 0.25) is 0 Å². The maximum atomic E-state index is 12.2. The highest BCUT2D eigenvalue weighted by atomic mass is 16.4. The van der Waals surface area contributed by atoms with Gasteiger partial charge in [-0.15, -0.1) is 0 Å². The molecule has 2 rings (SSSR count). The van der Waals surface area contributed by atoms with E-state index >= 15 is 0 Å². The highest BCUT2D eigenvalue weighted by Crippen LogP contribution is 2.66. The van der Waals surface area contributed by atoms with Crippen molar-refractivity contribution >= 4 is 11.8 Å². The molecule has 2 bridgehead atoms. The number of fused-ring (bicyclic) bond motifs is 2. The largest absolute Gasteiger partial charge is 0.481 e. The van der Waals surface area contributed by atoms with E-state index in [9.17, 15) is 9.59 Å². The summed E-state index contributed by atoms with van der Waals surface area (Å²) in [5.41, 5.74) is -0.304. The Hall–Kier alpha value is -0.860. The van der Waals surface area contributed by atoms with Crippen LogP contribution in [0, 0.1) is 22.7 Å². The summed E-state index contributed by atoms with van der Waals surface area (Å²) in [6, 6.07) is 0. The minimum atomic E-state index is -0.847. The summed E-state index contributed by atoms with van der Waals surface area (Å²) in [7, 11) is 0. The third-order valence-corrected chi connectivity index (χ3v) is 5.07. The van der Waals surface area contributed by atoms with Crippen molar-refractivity contribution in [2.45, 2.75) is 40.0 Å². The molecule has 2 aliphatic rings. The van der Waals surface area contributed by atoms with Crippen LogP contribution in [0.15, 0.2) is 0 Å². The quantitative estimate of drug-likeness (QED) is 0.759. The second-order valence-corrected chi connectivity index (χ2v) is 5.77. The van der Waals surface area contributed by atoms with E-state index in [1.807, 2.05) is 6.92 Å². The molecular weight excluding hydrogens is 192 g/mol. The normalized spacial score (nSPS) is 42.2. The summed E-state index contributed by atoms with van der Waals surface area (Å²) in [5, 5.41) is 8.82. The maximum Gasteiger partial charge on any atom is 0.304 e. The van der Waals surface area contributed by atoms with E-state index in [0.717, 1.165) is 12.8 Å². The maximum absolute atomic E-state index is 12.2. The zero-order chi connectivity index (χ0) is 11.4. The number of carbonyl (C=O) groups excluding carboxylic acids is 1. The number of hydrogen-bond donors (Lipinski definition) is 1. The highest BCUT2D eigenvalue weighted by molar-refractivity contribution is 5.93. The number of hydrogen-bond acceptors (Lipinski definition) is 2. The molecule has 84 valence electrons. The Kier molecular flexibility index (Phi) is 2.01. The van der Waals surface area contributed by atoms with E-state index in [1.165, 1.54) is 0 Å². The Bertz CT molecular complexity index is 332. The number of carboxylic acids is 1. The second-order valence-electron chi connectivity index (χ2n) is 5.77. The molecule has 0 saturated heterocycles. The van der Waals surface area contributed by atoms with Crippen LogP contribution in [-0.4, -0.2) is 16.9 Å². The Morgan fingerprint density at radius 2 is 2.07 bits per heavy atom. The van der Waals surface area contributed by atoms with Crippen molar-refractivity contribution < 1.29 is 14.7 Å². The van der Waals surface area contributed by atoms with Gasteiger partial charge in [-0.3, -0.25) is 9.59 Å². The Labute approximate surface area is 89.9 Å². The summed E-state index contributed by atoms with van der Waals surface area (Å²) < 4.78 is 0. The lowest BCUT2D eigenvalue weighted by molar-refractivity contribution is -0.142. The van der Waals surface area contributed by atoms with Gasteiger partial charge in [0.25, 0.3) is 0 Å². The average molecular weight is 210 g/mol. The lowest BCUT2D eigenvalue weighted by atomic mass is 9.70. The minimum absolute atomic E-state index is 0.0164. The van der Waals surface area contributed by atoms with E-state index in [-0.39, 0.29) is 34.9 Å². The Morgan fingerprint density at radius 1 is 1.47 bits per heavy atom. The van der Waals surface area contributed by atoms with Gasteiger partial charge in [-0.25, -0.2) is 0 Å². The average Bonchev–Trinajstić information content (AvgIpc) is 2.40. The van der Waals surface area contributed by atoms with Crippen molar-refractivity contribution in [3.8, 4) is 0 Å². The third kappa shape index (κ3) is 1.12. The van der Waals surface area contributed by atoms with Gasteiger partial charge in [0.15, 0.2) is 0 Å². The van der Waals surface area contributed by atoms with Crippen molar-refractivity contribution in [3.63, 3.8) is 0 Å². The zero-order valence-electron chi connectivity index (χ0n) is 9.54. The van der Waals surface area contributed by atoms with Crippen molar-refractivity contribution in [2.75, 3.05) is 0 Å². The number of rotatable bonds is 2. The summed E-state index contributed by atoms with van der Waals surface area (Å²) >= 11 is 0. The predicted molar refractivity (Wildman–Crippen MR) is 55.4 cm³/mol. The van der Waals surface area contributed by atoms with E-state index < -0.39 is 5.97 Å². The van der Waals surface area contributed by atoms with E-state index in [1.54, 1.807) is 0 Å². The molecule has 0 aliphatic heterocycles. The van der Waals surface area contributed by atoms with Crippen LogP contribution in [0.5, 0.6) is 0 Å². The zero-order valence-corrected chi connectivity index (χ0v) is 9.54. The SMILES string of the molecule is CC1(C)[C@@H]2CC[C@]1(C)C(=O)[C@@H]2CC(=O)O. The molecule has 0 unspecified atom stereocenters. The number of Topliss-reactive ketones (excluding diaryl/α,β-unsaturated/α-hetero) is 1. The Morgan fingerprint density at radius 3 is 2.47 bits per heavy atom. The van der Waals surface area contributed by atoms with Gasteiger partial charge in [0.2, 0.25) is 0 Å². The topological polar surface area (TPSA) is 54.4 Å². The molecule has 3 atom stereocenters. The first kappa shape index (κ1) is 10.7. The molecule has 2 fully saturated rings. The van der Waals surface area contributed by atoms with Crippen molar-refractivity contribution in [2.24, 2.45) is 22.7 Å². The fraction of sp³-hybridized carbons (Fsp3) is 0.833. The fourth-order valence-electron chi connectivity index (χ4n) is 3.70. The van der Waals surface area contributed by atoms with E-state index in [2.05, 4.69) is 13.8 Å². The summed E-state index contributed by atoms with van der Waals surface area (Å²) in [4.78, 5) is 22.9. The third-order valence-electron chi connectivity index (χ3n) is 5.07. The lowest BCUT2D eigenvalue weighted by Crippen LogP contribution is -2.33. The van der Waals surface area contributed by atoms with Crippen molar-refractivity contribution in [3.05, 3.63) is 0 Å². The van der Waals surface area contributed by atoms with Gasteiger partial charge >= 0.3 is 5.97 Å². The highest BCUT2D eigenvalue weighted by Gasteiger charge is 2.66. The summed E-state index contributed by atoms with van der Waals surface area (Å²) in [5.74, 6) is -0.631. The van der Waals surface area contributed by atoms with E-state index in [4.69, 9.17) is 5.11 Å². The monoisotopic (exact) mass is 210 g/mol. The Balaban J connectivity index is 2.34.